The van der Waals surface area contributed by atoms with Gasteiger partial charge in [-0.1, -0.05) is 27.7 Å². The molecule has 2 aromatic rings. The summed E-state index contributed by atoms with van der Waals surface area (Å²) in [6, 6.07) is 7.26. The Kier molecular flexibility index (Phi) is 5.29. The van der Waals surface area contributed by atoms with Crippen molar-refractivity contribution in [2.75, 3.05) is 13.4 Å². The van der Waals surface area contributed by atoms with Gasteiger partial charge in [0.25, 0.3) is 0 Å². The van der Waals surface area contributed by atoms with Crippen LogP contribution in [0.5, 0.6) is 11.5 Å². The van der Waals surface area contributed by atoms with Gasteiger partial charge in [-0.15, -0.1) is 5.56 Å². The largest absolute Gasteiger partial charge is 0.465 e. The summed E-state index contributed by atoms with van der Waals surface area (Å²) in [5, 5.41) is 11.0. The maximum atomic E-state index is 12.8. The number of benzene rings is 2. The molecule has 5 nitrogen and oxygen atoms in total. The van der Waals surface area contributed by atoms with Gasteiger partial charge in [-0.05, 0) is 29.2 Å². The summed E-state index contributed by atoms with van der Waals surface area (Å²) in [7, 11) is 0. The number of hydrogen-bond donors (Lipinski definition) is 1. The zero-order valence-electron chi connectivity index (χ0n) is 17.0. The Hall–Kier alpha value is -1.43. The number of aliphatic hydroxyl groups excluding tert-OH is 1. The van der Waals surface area contributed by atoms with Crippen LogP contribution in [0.4, 0.5) is 0 Å². The number of carbonyl (C=O) groups excluding carboxylic acids is 1. The molecule has 0 bridgehead atoms. The number of aryl methyl sites for hydroxylation is 2. The second-order valence-electron chi connectivity index (χ2n) is 8.12. The van der Waals surface area contributed by atoms with Crippen molar-refractivity contribution in [1.82, 2.24) is 0 Å². The van der Waals surface area contributed by atoms with E-state index in [1.807, 2.05) is 19.1 Å². The predicted octanol–water partition coefficient (Wildman–Crippen LogP) is 3.41. The molecule has 4 atom stereocenters. The topological polar surface area (TPSA) is 65.0 Å². The van der Waals surface area contributed by atoms with E-state index in [0.717, 1.165) is 33.4 Å². The Labute approximate surface area is 195 Å². The average molecular weight is 468 g/mol. The molecule has 6 heteroatoms. The van der Waals surface area contributed by atoms with Gasteiger partial charge in [-0.3, -0.25) is 4.79 Å². The van der Waals surface area contributed by atoms with E-state index < -0.39 is 12.0 Å². The van der Waals surface area contributed by atoms with Crippen LogP contribution in [0.3, 0.4) is 0 Å². The number of rotatable bonds is 1. The molecule has 0 spiro atoms. The molecule has 2 heterocycles. The van der Waals surface area contributed by atoms with Gasteiger partial charge < -0.3 is 19.3 Å². The first-order valence-corrected chi connectivity index (χ1v) is 9.66. The zero-order valence-corrected chi connectivity index (χ0v) is 19.9. The molecule has 1 unspecified atom stereocenters. The molecular formula is C23H23O5Y-. The SMILES string of the molecule is Cc1[c-]c(C)c([C@@H]2c3cc4c(cc3[C@H](O)C3COC(=O)[C@H]32)OCO4)c(C)c1C.[Y]. The summed E-state index contributed by atoms with van der Waals surface area (Å²) in [6.07, 6.45) is -0.770. The van der Waals surface area contributed by atoms with Gasteiger partial charge in [0.15, 0.2) is 11.5 Å². The summed E-state index contributed by atoms with van der Waals surface area (Å²) in [5.74, 6) is 0.156. The van der Waals surface area contributed by atoms with Crippen molar-refractivity contribution in [3.05, 3.63) is 57.1 Å². The van der Waals surface area contributed by atoms with Gasteiger partial charge in [-0.2, -0.15) is 28.3 Å². The molecule has 1 N–H and O–H groups in total. The first-order chi connectivity index (χ1) is 13.4. The van der Waals surface area contributed by atoms with Crippen LogP contribution < -0.4 is 9.47 Å². The monoisotopic (exact) mass is 468 g/mol. The fourth-order valence-electron chi connectivity index (χ4n) is 5.16. The summed E-state index contributed by atoms with van der Waals surface area (Å²) < 4.78 is 16.5. The number of carbonyl (C=O) groups is 1. The molecule has 0 saturated carbocycles. The van der Waals surface area contributed by atoms with E-state index in [1.165, 1.54) is 5.56 Å². The zero-order chi connectivity index (χ0) is 19.7. The fourth-order valence-corrected chi connectivity index (χ4v) is 5.16. The first-order valence-electron chi connectivity index (χ1n) is 9.66. The number of aliphatic hydroxyl groups is 1. The van der Waals surface area contributed by atoms with Gasteiger partial charge >= 0.3 is 5.97 Å². The van der Waals surface area contributed by atoms with Gasteiger partial charge in [0.2, 0.25) is 6.79 Å². The summed E-state index contributed by atoms with van der Waals surface area (Å²) in [6.45, 7) is 8.70. The molecule has 3 aliphatic rings. The summed E-state index contributed by atoms with van der Waals surface area (Å²) in [4.78, 5) is 12.8. The van der Waals surface area contributed by atoms with Crippen molar-refractivity contribution >= 4 is 5.97 Å². The third-order valence-corrected chi connectivity index (χ3v) is 6.77. The maximum Gasteiger partial charge on any atom is 0.309 e. The molecule has 2 aromatic carbocycles. The second kappa shape index (κ2) is 7.37. The van der Waals surface area contributed by atoms with Gasteiger partial charge in [-0.25, -0.2) is 0 Å². The average Bonchev–Trinajstić information content (AvgIpc) is 3.27. The second-order valence-corrected chi connectivity index (χ2v) is 8.12. The Morgan fingerprint density at radius 3 is 2.31 bits per heavy atom. The van der Waals surface area contributed by atoms with Gasteiger partial charge in [0, 0.05) is 38.6 Å². The third-order valence-electron chi connectivity index (χ3n) is 6.77. The molecule has 1 radical (unpaired) electrons. The standard InChI is InChI=1S/C23H23O5.Y/c1-10-5-11(2)19(13(4)12(10)3)20-14-6-17-18(28-9-27-17)7-15(14)22(24)16-8-26-23(25)21(16)20;/h6-7,16,20-22,24H,8-9H2,1-4H3;/q-1;/t16?,20-,21+,22-;/m0./s1. The van der Waals surface area contributed by atoms with Crippen LogP contribution in [0.1, 0.15) is 51.0 Å². The quantitative estimate of drug-likeness (QED) is 0.514. The molecule has 0 aromatic heterocycles. The molecule has 29 heavy (non-hydrogen) atoms. The summed E-state index contributed by atoms with van der Waals surface area (Å²) in [5.41, 5.74) is 7.30. The summed E-state index contributed by atoms with van der Waals surface area (Å²) >= 11 is 0. The molecule has 1 saturated heterocycles. The number of cyclic esters (lactones) is 1. The minimum absolute atomic E-state index is 0. The van der Waals surface area contributed by atoms with Gasteiger partial charge in [0.1, 0.15) is 0 Å². The number of esters is 1. The van der Waals surface area contributed by atoms with E-state index in [2.05, 4.69) is 26.8 Å². The fraction of sp³-hybridized carbons (Fsp3) is 0.435. The van der Waals surface area contributed by atoms with E-state index in [0.29, 0.717) is 11.5 Å². The maximum absolute atomic E-state index is 12.8. The number of hydrogen-bond acceptors (Lipinski definition) is 5. The van der Waals surface area contributed by atoms with E-state index in [1.54, 1.807) is 0 Å². The third kappa shape index (κ3) is 2.96. The van der Waals surface area contributed by atoms with Crippen LogP contribution in [0, 0.1) is 45.6 Å². The van der Waals surface area contributed by atoms with E-state index in [9.17, 15) is 9.90 Å². The van der Waals surface area contributed by atoms with Crippen molar-refractivity contribution in [2.24, 2.45) is 11.8 Å². The Morgan fingerprint density at radius 2 is 1.62 bits per heavy atom. The Bertz CT molecular complexity index is 1020. The smallest absolute Gasteiger partial charge is 0.309 e. The molecule has 1 fully saturated rings. The van der Waals surface area contributed by atoms with Crippen molar-refractivity contribution in [3.63, 3.8) is 0 Å². The van der Waals surface area contributed by atoms with Crippen LogP contribution in [0.15, 0.2) is 12.1 Å². The van der Waals surface area contributed by atoms with Crippen LogP contribution >= 0.6 is 0 Å². The Morgan fingerprint density at radius 1 is 0.966 bits per heavy atom. The Balaban J connectivity index is 0.00000205. The minimum Gasteiger partial charge on any atom is -0.465 e. The van der Waals surface area contributed by atoms with E-state index in [4.69, 9.17) is 14.2 Å². The van der Waals surface area contributed by atoms with Crippen LogP contribution in [-0.4, -0.2) is 24.5 Å². The molecule has 2 aliphatic heterocycles. The van der Waals surface area contributed by atoms with Crippen LogP contribution in [-0.2, 0) is 42.2 Å². The molecule has 149 valence electrons. The van der Waals surface area contributed by atoms with Crippen molar-refractivity contribution in [1.29, 1.82) is 0 Å². The van der Waals surface area contributed by atoms with Gasteiger partial charge in [0.05, 0.1) is 18.6 Å². The number of fused-ring (bicyclic) bond motifs is 3. The molecule has 0 amide bonds. The first kappa shape index (κ1) is 20.8. The van der Waals surface area contributed by atoms with E-state index in [-0.39, 0.29) is 63.9 Å². The normalized spacial score (nSPS) is 26.4. The van der Waals surface area contributed by atoms with Crippen molar-refractivity contribution in [2.45, 2.75) is 39.7 Å². The molecule has 1 aliphatic carbocycles. The predicted molar refractivity (Wildman–Crippen MR) is 102 cm³/mol. The van der Waals surface area contributed by atoms with Crippen LogP contribution in [0.2, 0.25) is 0 Å². The van der Waals surface area contributed by atoms with Crippen molar-refractivity contribution < 1.29 is 56.8 Å². The minimum atomic E-state index is -0.770. The van der Waals surface area contributed by atoms with E-state index >= 15 is 0 Å². The molecular weight excluding hydrogens is 445 g/mol. The van der Waals surface area contributed by atoms with Crippen molar-refractivity contribution in [3.8, 4) is 11.5 Å². The number of ether oxygens (including phenoxy) is 3. The van der Waals surface area contributed by atoms with Crippen LogP contribution in [0.25, 0.3) is 0 Å². The molecule has 5 rings (SSSR count).